The van der Waals surface area contributed by atoms with E-state index in [0.29, 0.717) is 22.8 Å². The highest BCUT2D eigenvalue weighted by Gasteiger charge is 2.13. The largest absolute Gasteiger partial charge is 0.478 e. The number of aldehydes is 1. The molecule has 0 aliphatic carbocycles. The number of carboxylic acid groups (broad SMARTS) is 1. The highest BCUT2D eigenvalue weighted by molar-refractivity contribution is 6.01. The van der Waals surface area contributed by atoms with E-state index in [1.54, 1.807) is 0 Å². The number of hydrogen-bond donors (Lipinski definition) is 2. The molecule has 15 heavy (non-hydrogen) atoms. The number of hydrogen-bond acceptors (Lipinski definition) is 2. The molecule has 2 rings (SSSR count). The van der Waals surface area contributed by atoms with E-state index >= 15 is 0 Å². The van der Waals surface area contributed by atoms with Crippen molar-refractivity contribution in [2.24, 2.45) is 0 Å². The molecule has 0 atom stereocenters. The zero-order chi connectivity index (χ0) is 11.0. The molecule has 2 N–H and O–H groups in total. The first-order chi connectivity index (χ1) is 7.13. The van der Waals surface area contributed by atoms with Gasteiger partial charge in [-0.1, -0.05) is 0 Å². The summed E-state index contributed by atoms with van der Waals surface area (Å²) in [6.07, 6.45) is 1.99. The molecule has 2 aromatic rings. The molecular weight excluding hydrogens is 201 g/mol. The molecule has 0 aliphatic rings. The Morgan fingerprint density at radius 1 is 1.47 bits per heavy atom. The van der Waals surface area contributed by atoms with E-state index in [2.05, 4.69) is 4.98 Å². The Morgan fingerprint density at radius 3 is 2.80 bits per heavy atom. The average molecular weight is 207 g/mol. The van der Waals surface area contributed by atoms with Crippen LogP contribution in [0.25, 0.3) is 10.9 Å². The van der Waals surface area contributed by atoms with Gasteiger partial charge in [-0.2, -0.15) is 0 Å². The lowest BCUT2D eigenvalue weighted by Gasteiger charge is -1.98. The Kier molecular flexibility index (Phi) is 2.00. The van der Waals surface area contributed by atoms with Crippen LogP contribution in [0, 0.1) is 5.82 Å². The van der Waals surface area contributed by atoms with Gasteiger partial charge in [0.05, 0.1) is 5.56 Å². The minimum absolute atomic E-state index is 0.313. The standard InChI is InChI=1S/C10H6FNO3/c11-8-2-9-6(1-7(8)10(14)15)5(4-13)3-12-9/h1-4,12H,(H,14,15). The van der Waals surface area contributed by atoms with Crippen molar-refractivity contribution in [2.75, 3.05) is 0 Å². The van der Waals surface area contributed by atoms with Crippen molar-refractivity contribution in [1.82, 2.24) is 4.98 Å². The number of rotatable bonds is 2. The second-order valence-electron chi connectivity index (χ2n) is 3.04. The Bertz CT molecular complexity index is 559. The van der Waals surface area contributed by atoms with Gasteiger partial charge in [0.15, 0.2) is 6.29 Å². The molecule has 5 heteroatoms. The fourth-order valence-corrected chi connectivity index (χ4v) is 1.43. The van der Waals surface area contributed by atoms with Gasteiger partial charge in [-0.25, -0.2) is 9.18 Å². The third kappa shape index (κ3) is 1.38. The summed E-state index contributed by atoms with van der Waals surface area (Å²) in [4.78, 5) is 23.9. The van der Waals surface area contributed by atoms with E-state index in [1.807, 2.05) is 0 Å². The van der Waals surface area contributed by atoms with Crippen LogP contribution in [0.3, 0.4) is 0 Å². The lowest BCUT2D eigenvalue weighted by Crippen LogP contribution is -2.00. The van der Waals surface area contributed by atoms with E-state index in [-0.39, 0.29) is 0 Å². The van der Waals surface area contributed by atoms with Crippen LogP contribution in [0.5, 0.6) is 0 Å². The number of aromatic amines is 1. The lowest BCUT2D eigenvalue weighted by molar-refractivity contribution is 0.0692. The Morgan fingerprint density at radius 2 is 2.20 bits per heavy atom. The van der Waals surface area contributed by atoms with E-state index in [4.69, 9.17) is 5.11 Å². The Balaban J connectivity index is 2.80. The second-order valence-corrected chi connectivity index (χ2v) is 3.04. The van der Waals surface area contributed by atoms with Crippen molar-refractivity contribution in [1.29, 1.82) is 0 Å². The van der Waals surface area contributed by atoms with Crippen molar-refractivity contribution in [3.8, 4) is 0 Å². The molecular formula is C10H6FNO3. The molecule has 0 bridgehead atoms. The van der Waals surface area contributed by atoms with Crippen LogP contribution in [0.1, 0.15) is 20.7 Å². The van der Waals surface area contributed by atoms with Gasteiger partial charge in [0.2, 0.25) is 0 Å². The van der Waals surface area contributed by atoms with Crippen molar-refractivity contribution in [3.05, 3.63) is 35.3 Å². The van der Waals surface area contributed by atoms with Crippen LogP contribution >= 0.6 is 0 Å². The van der Waals surface area contributed by atoms with Crippen LogP contribution in [0.4, 0.5) is 4.39 Å². The number of benzene rings is 1. The van der Waals surface area contributed by atoms with Crippen LogP contribution in [0.15, 0.2) is 18.3 Å². The summed E-state index contributed by atoms with van der Waals surface area (Å²) in [6, 6.07) is 2.21. The number of nitrogens with one attached hydrogen (secondary N) is 1. The molecule has 0 spiro atoms. The van der Waals surface area contributed by atoms with Crippen molar-refractivity contribution in [3.63, 3.8) is 0 Å². The predicted molar refractivity (Wildman–Crippen MR) is 50.6 cm³/mol. The van der Waals surface area contributed by atoms with Gasteiger partial charge in [-0.05, 0) is 12.1 Å². The SMILES string of the molecule is O=Cc1c[nH]c2cc(F)c(C(=O)O)cc12. The van der Waals surface area contributed by atoms with Crippen molar-refractivity contribution in [2.45, 2.75) is 0 Å². The molecule has 1 aromatic carbocycles. The Labute approximate surface area is 83.3 Å². The molecule has 1 heterocycles. The topological polar surface area (TPSA) is 70.2 Å². The normalized spacial score (nSPS) is 10.5. The highest BCUT2D eigenvalue weighted by atomic mass is 19.1. The minimum atomic E-state index is -1.35. The smallest absolute Gasteiger partial charge is 0.338 e. The summed E-state index contributed by atoms with van der Waals surface area (Å²) in [5.41, 5.74) is 0.275. The Hall–Kier alpha value is -2.17. The maximum absolute atomic E-state index is 13.2. The first-order valence-corrected chi connectivity index (χ1v) is 4.12. The summed E-state index contributed by atoms with van der Waals surface area (Å²) in [5, 5.41) is 9.09. The molecule has 0 fully saturated rings. The third-order valence-electron chi connectivity index (χ3n) is 2.16. The summed E-state index contributed by atoms with van der Waals surface area (Å²) in [7, 11) is 0. The summed E-state index contributed by atoms with van der Waals surface area (Å²) >= 11 is 0. The summed E-state index contributed by atoms with van der Waals surface area (Å²) in [6.45, 7) is 0. The molecule has 4 nitrogen and oxygen atoms in total. The number of H-pyrrole nitrogens is 1. The van der Waals surface area contributed by atoms with Crippen LogP contribution in [-0.4, -0.2) is 22.3 Å². The highest BCUT2D eigenvalue weighted by Crippen LogP contribution is 2.21. The van der Waals surface area contributed by atoms with Gasteiger partial charge in [0, 0.05) is 22.7 Å². The molecule has 0 saturated carbocycles. The molecule has 0 saturated heterocycles. The second kappa shape index (κ2) is 3.20. The van der Waals surface area contributed by atoms with E-state index in [0.717, 1.165) is 12.1 Å². The van der Waals surface area contributed by atoms with Gasteiger partial charge in [0.25, 0.3) is 0 Å². The van der Waals surface area contributed by atoms with Crippen molar-refractivity contribution < 1.29 is 19.1 Å². The molecule has 1 aromatic heterocycles. The van der Waals surface area contributed by atoms with Crippen molar-refractivity contribution >= 4 is 23.2 Å². The van der Waals surface area contributed by atoms with Crippen LogP contribution in [0.2, 0.25) is 0 Å². The number of fused-ring (bicyclic) bond motifs is 1. The first kappa shape index (κ1) is 9.39. The monoisotopic (exact) mass is 207 g/mol. The summed E-state index contributed by atoms with van der Waals surface area (Å²) in [5.74, 6) is -2.18. The number of aromatic nitrogens is 1. The van der Waals surface area contributed by atoms with Gasteiger partial charge >= 0.3 is 5.97 Å². The van der Waals surface area contributed by atoms with Gasteiger partial charge < -0.3 is 10.1 Å². The van der Waals surface area contributed by atoms with E-state index in [1.165, 1.54) is 6.20 Å². The van der Waals surface area contributed by atoms with Gasteiger partial charge in [-0.15, -0.1) is 0 Å². The number of carbonyl (C=O) groups is 2. The lowest BCUT2D eigenvalue weighted by atomic mass is 10.1. The first-order valence-electron chi connectivity index (χ1n) is 4.12. The van der Waals surface area contributed by atoms with Gasteiger partial charge in [0.1, 0.15) is 5.82 Å². The maximum atomic E-state index is 13.2. The number of carbonyl (C=O) groups excluding carboxylic acids is 1. The molecule has 76 valence electrons. The number of halogens is 1. The zero-order valence-corrected chi connectivity index (χ0v) is 7.45. The predicted octanol–water partition coefficient (Wildman–Crippen LogP) is 1.82. The van der Waals surface area contributed by atoms with Crippen LogP contribution < -0.4 is 0 Å². The quantitative estimate of drug-likeness (QED) is 0.738. The average Bonchev–Trinajstić information content (AvgIpc) is 2.58. The number of aromatic carboxylic acids is 1. The van der Waals surface area contributed by atoms with Gasteiger partial charge in [-0.3, -0.25) is 4.79 Å². The molecule has 0 unspecified atom stereocenters. The zero-order valence-electron chi connectivity index (χ0n) is 7.45. The third-order valence-corrected chi connectivity index (χ3v) is 2.16. The fourth-order valence-electron chi connectivity index (χ4n) is 1.43. The van der Waals surface area contributed by atoms with E-state index in [9.17, 15) is 14.0 Å². The fraction of sp³-hybridized carbons (Fsp3) is 0. The van der Waals surface area contributed by atoms with Crippen LogP contribution in [-0.2, 0) is 0 Å². The molecule has 0 amide bonds. The minimum Gasteiger partial charge on any atom is -0.478 e. The summed E-state index contributed by atoms with van der Waals surface area (Å²) < 4.78 is 13.2. The van der Waals surface area contributed by atoms with E-state index < -0.39 is 17.3 Å². The molecule has 0 aliphatic heterocycles. The molecule has 0 radical (unpaired) electrons. The number of carboxylic acids is 1. The maximum Gasteiger partial charge on any atom is 0.338 e.